The van der Waals surface area contributed by atoms with Gasteiger partial charge < -0.3 is 9.84 Å². The lowest BCUT2D eigenvalue weighted by molar-refractivity contribution is -0.132. The molecule has 7 heteroatoms. The van der Waals surface area contributed by atoms with Gasteiger partial charge in [0.1, 0.15) is 23.4 Å². The quantitative estimate of drug-likeness (QED) is 0.300. The van der Waals surface area contributed by atoms with Gasteiger partial charge in [-0.15, -0.1) is 11.3 Å². The van der Waals surface area contributed by atoms with Crippen LogP contribution in [0.3, 0.4) is 0 Å². The van der Waals surface area contributed by atoms with Gasteiger partial charge in [-0.3, -0.25) is 14.5 Å². The molecule has 0 bridgehead atoms. The second-order valence-corrected chi connectivity index (χ2v) is 9.81. The molecular formula is C26H24FNO4S. The fourth-order valence-electron chi connectivity index (χ4n) is 4.01. The maximum absolute atomic E-state index is 13.5. The summed E-state index contributed by atoms with van der Waals surface area (Å²) in [5.41, 5.74) is 1.36. The number of carbonyl (C=O) groups is 2. The van der Waals surface area contributed by atoms with Crippen molar-refractivity contribution < 1.29 is 23.8 Å². The molecule has 1 amide bonds. The van der Waals surface area contributed by atoms with Crippen LogP contribution in [0, 0.1) is 5.82 Å². The largest absolute Gasteiger partial charge is 0.507 e. The van der Waals surface area contributed by atoms with E-state index >= 15 is 0 Å². The summed E-state index contributed by atoms with van der Waals surface area (Å²) in [4.78, 5) is 28.3. The molecule has 1 atom stereocenters. The first-order valence-corrected chi connectivity index (χ1v) is 11.3. The van der Waals surface area contributed by atoms with E-state index in [1.165, 1.54) is 40.5 Å². The van der Waals surface area contributed by atoms with Crippen molar-refractivity contribution in [2.45, 2.75) is 32.2 Å². The molecule has 1 saturated heterocycles. The van der Waals surface area contributed by atoms with Gasteiger partial charge in [0.25, 0.3) is 11.7 Å². The molecule has 1 fully saturated rings. The first-order chi connectivity index (χ1) is 15.6. The van der Waals surface area contributed by atoms with Gasteiger partial charge in [0.2, 0.25) is 0 Å². The van der Waals surface area contributed by atoms with Crippen molar-refractivity contribution in [3.05, 3.63) is 87.4 Å². The van der Waals surface area contributed by atoms with E-state index in [1.807, 2.05) is 32.2 Å². The summed E-state index contributed by atoms with van der Waals surface area (Å²) in [5.74, 6) is -1.60. The number of anilines is 1. The van der Waals surface area contributed by atoms with Crippen LogP contribution in [0.25, 0.3) is 5.76 Å². The van der Waals surface area contributed by atoms with Crippen LogP contribution in [0.4, 0.5) is 10.1 Å². The number of methoxy groups -OCH3 is 1. The van der Waals surface area contributed by atoms with Crippen molar-refractivity contribution >= 4 is 34.5 Å². The number of ether oxygens (including phenoxy) is 1. The highest BCUT2D eigenvalue weighted by Crippen LogP contribution is 2.44. The number of ketones is 1. The van der Waals surface area contributed by atoms with E-state index in [0.29, 0.717) is 21.9 Å². The highest BCUT2D eigenvalue weighted by Gasteiger charge is 2.47. The first kappa shape index (κ1) is 22.7. The Kier molecular flexibility index (Phi) is 5.84. The number of rotatable bonds is 4. The van der Waals surface area contributed by atoms with Crippen LogP contribution in [-0.4, -0.2) is 23.9 Å². The lowest BCUT2D eigenvalue weighted by atomic mass is 9.84. The third-order valence-electron chi connectivity index (χ3n) is 5.64. The molecule has 1 aliphatic rings. The summed E-state index contributed by atoms with van der Waals surface area (Å²) >= 11 is 1.37. The molecule has 33 heavy (non-hydrogen) atoms. The molecule has 0 saturated carbocycles. The minimum absolute atomic E-state index is 0.00296. The Morgan fingerprint density at radius 1 is 1.09 bits per heavy atom. The van der Waals surface area contributed by atoms with Crippen LogP contribution in [0.2, 0.25) is 0 Å². The number of carbonyl (C=O) groups excluding carboxylic acids is 2. The summed E-state index contributed by atoms with van der Waals surface area (Å²) in [6.07, 6.45) is 0. The highest BCUT2D eigenvalue weighted by molar-refractivity contribution is 7.10. The molecule has 2 heterocycles. The van der Waals surface area contributed by atoms with E-state index in [0.717, 1.165) is 5.56 Å². The third kappa shape index (κ3) is 4.04. The zero-order valence-corrected chi connectivity index (χ0v) is 19.6. The number of hydrogen-bond donors (Lipinski definition) is 1. The van der Waals surface area contributed by atoms with E-state index in [1.54, 1.807) is 31.4 Å². The predicted molar refractivity (Wildman–Crippen MR) is 127 cm³/mol. The van der Waals surface area contributed by atoms with E-state index < -0.39 is 23.5 Å². The summed E-state index contributed by atoms with van der Waals surface area (Å²) < 4.78 is 19.0. The van der Waals surface area contributed by atoms with Crippen LogP contribution in [-0.2, 0) is 15.0 Å². The fourth-order valence-corrected chi connectivity index (χ4v) is 4.84. The van der Waals surface area contributed by atoms with Gasteiger partial charge in [-0.25, -0.2) is 4.39 Å². The average molecular weight is 466 g/mol. The molecule has 2 aromatic carbocycles. The summed E-state index contributed by atoms with van der Waals surface area (Å²) in [5, 5.41) is 13.2. The molecule has 0 spiro atoms. The predicted octanol–water partition coefficient (Wildman–Crippen LogP) is 5.82. The second kappa shape index (κ2) is 8.48. The van der Waals surface area contributed by atoms with E-state index in [4.69, 9.17) is 4.74 Å². The minimum Gasteiger partial charge on any atom is -0.507 e. The number of Topliss-reactive ketones (excluding diaryl/α,β-unsaturated/α-hetero) is 1. The Balaban J connectivity index is 1.92. The number of benzene rings is 2. The molecule has 0 radical (unpaired) electrons. The summed E-state index contributed by atoms with van der Waals surface area (Å²) in [7, 11) is 1.58. The molecule has 170 valence electrons. The van der Waals surface area contributed by atoms with Gasteiger partial charge in [0.15, 0.2) is 0 Å². The van der Waals surface area contributed by atoms with Gasteiger partial charge in [-0.1, -0.05) is 26.8 Å². The maximum atomic E-state index is 13.5. The molecule has 0 aliphatic carbocycles. The zero-order valence-electron chi connectivity index (χ0n) is 18.8. The fraction of sp³-hybridized carbons (Fsp3) is 0.231. The first-order valence-electron chi connectivity index (χ1n) is 10.4. The summed E-state index contributed by atoms with van der Waals surface area (Å²) in [6.45, 7) is 6.06. The Morgan fingerprint density at radius 3 is 2.36 bits per heavy atom. The van der Waals surface area contributed by atoms with Crippen molar-refractivity contribution in [2.75, 3.05) is 12.0 Å². The van der Waals surface area contributed by atoms with Crippen LogP contribution in [0.1, 0.15) is 42.8 Å². The number of nitrogens with zero attached hydrogens (tertiary/aromatic N) is 1. The Labute approximate surface area is 195 Å². The smallest absolute Gasteiger partial charge is 0.300 e. The number of aliphatic hydroxyl groups is 1. The molecule has 1 N–H and O–H groups in total. The zero-order chi connectivity index (χ0) is 23.9. The molecule has 1 aliphatic heterocycles. The molecule has 1 aromatic heterocycles. The van der Waals surface area contributed by atoms with Crippen molar-refractivity contribution in [2.24, 2.45) is 0 Å². The van der Waals surface area contributed by atoms with E-state index in [-0.39, 0.29) is 16.7 Å². The van der Waals surface area contributed by atoms with Crippen LogP contribution < -0.4 is 9.64 Å². The molecular weight excluding hydrogens is 441 g/mol. The topological polar surface area (TPSA) is 66.8 Å². The van der Waals surface area contributed by atoms with Gasteiger partial charge in [-0.2, -0.15) is 0 Å². The van der Waals surface area contributed by atoms with Gasteiger partial charge >= 0.3 is 0 Å². The van der Waals surface area contributed by atoms with Crippen molar-refractivity contribution in [3.63, 3.8) is 0 Å². The lowest BCUT2D eigenvalue weighted by Gasteiger charge is -2.25. The minimum atomic E-state index is -0.823. The lowest BCUT2D eigenvalue weighted by Crippen LogP contribution is -2.29. The van der Waals surface area contributed by atoms with Crippen LogP contribution in [0.5, 0.6) is 5.75 Å². The number of halogens is 1. The van der Waals surface area contributed by atoms with Gasteiger partial charge in [-0.05, 0) is 59.3 Å². The molecule has 3 aromatic rings. The number of thiophene rings is 1. The second-order valence-electron chi connectivity index (χ2n) is 8.83. The van der Waals surface area contributed by atoms with E-state index in [2.05, 4.69) is 0 Å². The number of amides is 1. The molecule has 1 unspecified atom stereocenters. The highest BCUT2D eigenvalue weighted by atomic mass is 32.1. The SMILES string of the molecule is COc1ccc(/C(O)=C2/C(=O)C(=O)N(c3ccc(F)cc3)C2c2cccs2)cc1C(C)(C)C. The Hall–Kier alpha value is -3.45. The van der Waals surface area contributed by atoms with Crippen LogP contribution in [0.15, 0.2) is 65.6 Å². The molecule has 5 nitrogen and oxygen atoms in total. The van der Waals surface area contributed by atoms with Crippen molar-refractivity contribution in [1.82, 2.24) is 0 Å². The Morgan fingerprint density at radius 2 is 1.79 bits per heavy atom. The number of aliphatic hydroxyl groups excluding tert-OH is 1. The standard InChI is InChI=1S/C26H24FNO4S/c1-26(2,3)18-14-15(7-12-19(18)32-4)23(29)21-22(20-6-5-13-33-20)28(25(31)24(21)30)17-10-8-16(27)9-11-17/h5-14,22,29H,1-4H3/b23-21-. The average Bonchev–Trinajstić information content (AvgIpc) is 3.40. The van der Waals surface area contributed by atoms with E-state index in [9.17, 15) is 19.1 Å². The Bertz CT molecular complexity index is 1240. The number of hydrogen-bond acceptors (Lipinski definition) is 5. The van der Waals surface area contributed by atoms with Crippen molar-refractivity contribution in [3.8, 4) is 5.75 Å². The molecule has 4 rings (SSSR count). The van der Waals surface area contributed by atoms with Crippen molar-refractivity contribution in [1.29, 1.82) is 0 Å². The van der Waals surface area contributed by atoms with Crippen LogP contribution >= 0.6 is 11.3 Å². The normalized spacial score (nSPS) is 18.1. The third-order valence-corrected chi connectivity index (χ3v) is 6.57. The monoisotopic (exact) mass is 465 g/mol. The van der Waals surface area contributed by atoms with Gasteiger partial charge in [0.05, 0.1) is 12.7 Å². The maximum Gasteiger partial charge on any atom is 0.300 e. The van der Waals surface area contributed by atoms with Gasteiger partial charge in [0, 0.05) is 21.7 Å². The summed E-state index contributed by atoms with van der Waals surface area (Å²) in [6, 6.07) is 13.4.